The molecule has 1 fully saturated rings. The summed E-state index contributed by atoms with van der Waals surface area (Å²) in [4.78, 5) is 61.1. The average molecular weight is 449 g/mol. The minimum absolute atomic E-state index is 0.153. The molecule has 31 heavy (non-hydrogen) atoms. The second-order valence-corrected chi connectivity index (χ2v) is 8.56. The minimum Gasteiger partial charge on any atom is -0.477 e. The third-order valence-corrected chi connectivity index (χ3v) is 6.57. The first-order chi connectivity index (χ1) is 14.5. The Morgan fingerprint density at radius 2 is 1.87 bits per heavy atom. The van der Waals surface area contributed by atoms with Crippen LogP contribution in [0.4, 0.5) is 0 Å². The van der Waals surface area contributed by atoms with Crippen LogP contribution in [0, 0.1) is 13.8 Å². The molecule has 0 radical (unpaired) electrons. The maximum atomic E-state index is 12.8. The van der Waals surface area contributed by atoms with Crippen molar-refractivity contribution in [2.75, 3.05) is 12.4 Å². The Balaban J connectivity index is 1.77. The Bertz CT molecular complexity index is 1040. The van der Waals surface area contributed by atoms with Gasteiger partial charge in [0.1, 0.15) is 29.8 Å². The molecule has 2 aliphatic rings. The number of carbonyl (C=O) groups excluding carboxylic acids is 3. The van der Waals surface area contributed by atoms with Gasteiger partial charge in [-0.3, -0.25) is 24.1 Å². The average Bonchev–Trinajstić information content (AvgIpc) is 2.68. The molecule has 3 rings (SSSR count). The van der Waals surface area contributed by atoms with Crippen LogP contribution in [-0.4, -0.2) is 62.1 Å². The van der Waals surface area contributed by atoms with Gasteiger partial charge in [0.05, 0.1) is 0 Å². The standard InChI is InChI=1S/C20H23N3O7S/c1-9-5-14(25)6-10(2)22(9)11(3)17(26)21-15-18(27)23-16(20(28)29)13(7-30-12(4)24)8-31-19(15)23/h5-6,11,15,19H,7-8H2,1-4H3,(H,21,26)(H,28,29)/t11?,15-,19-/m1/s1. The van der Waals surface area contributed by atoms with Crippen LogP contribution in [0.15, 0.2) is 28.2 Å². The first-order valence-electron chi connectivity index (χ1n) is 9.56. The SMILES string of the molecule is CC(=O)OCC1=C(C(=O)O)N2C(=O)[C@@H](NC(=O)C(C)n3c(C)cc(=O)cc3C)[C@H]2SC1. The smallest absolute Gasteiger partial charge is 0.352 e. The molecule has 3 heterocycles. The predicted molar refractivity (Wildman–Crippen MR) is 111 cm³/mol. The molecule has 10 nitrogen and oxygen atoms in total. The highest BCUT2D eigenvalue weighted by molar-refractivity contribution is 8.00. The molecule has 2 aliphatic heterocycles. The number of fused-ring (bicyclic) bond motifs is 1. The van der Waals surface area contributed by atoms with Crippen molar-refractivity contribution in [2.45, 2.75) is 45.2 Å². The number of rotatable bonds is 6. The van der Waals surface area contributed by atoms with Gasteiger partial charge >= 0.3 is 11.9 Å². The van der Waals surface area contributed by atoms with Crippen LogP contribution >= 0.6 is 11.8 Å². The molecule has 2 amide bonds. The number of β-lactam (4-membered cyclic amide) rings is 1. The van der Waals surface area contributed by atoms with Crippen molar-refractivity contribution in [2.24, 2.45) is 0 Å². The molecule has 0 saturated carbocycles. The number of nitrogens with one attached hydrogen (secondary N) is 1. The van der Waals surface area contributed by atoms with Crippen molar-refractivity contribution < 1.29 is 29.0 Å². The van der Waals surface area contributed by atoms with E-state index in [1.165, 1.54) is 30.8 Å². The zero-order valence-electron chi connectivity index (χ0n) is 17.5. The molecule has 0 aromatic carbocycles. The van der Waals surface area contributed by atoms with E-state index in [0.717, 1.165) is 4.90 Å². The van der Waals surface area contributed by atoms with E-state index in [1.807, 2.05) is 0 Å². The van der Waals surface area contributed by atoms with Crippen molar-refractivity contribution in [3.8, 4) is 0 Å². The van der Waals surface area contributed by atoms with Gasteiger partial charge in [0, 0.05) is 41.8 Å². The van der Waals surface area contributed by atoms with Crippen LogP contribution in [-0.2, 0) is 23.9 Å². The molecule has 1 unspecified atom stereocenters. The Hall–Kier alpha value is -3.08. The summed E-state index contributed by atoms with van der Waals surface area (Å²) in [5.41, 5.74) is 1.20. The van der Waals surface area contributed by atoms with E-state index >= 15 is 0 Å². The van der Waals surface area contributed by atoms with Crippen LogP contribution in [0.3, 0.4) is 0 Å². The van der Waals surface area contributed by atoms with Crippen LogP contribution in [0.25, 0.3) is 0 Å². The molecule has 0 bridgehead atoms. The fraction of sp³-hybridized carbons (Fsp3) is 0.450. The second kappa shape index (κ2) is 8.58. The van der Waals surface area contributed by atoms with Gasteiger partial charge < -0.3 is 19.7 Å². The van der Waals surface area contributed by atoms with Crippen molar-refractivity contribution >= 4 is 35.5 Å². The first-order valence-corrected chi connectivity index (χ1v) is 10.6. The Labute approximate surface area is 182 Å². The zero-order chi connectivity index (χ0) is 23.0. The van der Waals surface area contributed by atoms with Crippen LogP contribution in [0.5, 0.6) is 0 Å². The van der Waals surface area contributed by atoms with Crippen molar-refractivity contribution in [3.63, 3.8) is 0 Å². The lowest BCUT2D eigenvalue weighted by Gasteiger charge is -2.49. The largest absolute Gasteiger partial charge is 0.477 e. The molecule has 166 valence electrons. The third-order valence-electron chi connectivity index (χ3n) is 5.23. The number of carboxylic acids is 1. The number of aliphatic carboxylic acids is 1. The van der Waals surface area contributed by atoms with E-state index in [2.05, 4.69) is 5.32 Å². The summed E-state index contributed by atoms with van der Waals surface area (Å²) >= 11 is 1.29. The van der Waals surface area contributed by atoms with E-state index in [4.69, 9.17) is 4.74 Å². The fourth-order valence-electron chi connectivity index (χ4n) is 3.86. The zero-order valence-corrected chi connectivity index (χ0v) is 18.3. The monoisotopic (exact) mass is 449 g/mol. The lowest BCUT2D eigenvalue weighted by Crippen LogP contribution is -2.71. The number of aryl methyl sites for hydroxylation is 2. The van der Waals surface area contributed by atoms with E-state index in [0.29, 0.717) is 17.0 Å². The van der Waals surface area contributed by atoms with Crippen molar-refractivity contribution in [1.29, 1.82) is 0 Å². The Morgan fingerprint density at radius 1 is 1.26 bits per heavy atom. The number of esters is 1. The molecule has 11 heteroatoms. The fourth-order valence-corrected chi connectivity index (χ4v) is 5.18. The van der Waals surface area contributed by atoms with Crippen LogP contribution < -0.4 is 10.7 Å². The van der Waals surface area contributed by atoms with E-state index in [9.17, 15) is 29.1 Å². The van der Waals surface area contributed by atoms with Gasteiger partial charge in [-0.2, -0.15) is 0 Å². The van der Waals surface area contributed by atoms with Crippen molar-refractivity contribution in [1.82, 2.24) is 14.8 Å². The number of hydrogen-bond donors (Lipinski definition) is 2. The number of pyridine rings is 1. The Morgan fingerprint density at radius 3 is 2.42 bits per heavy atom. The molecule has 3 atom stereocenters. The van der Waals surface area contributed by atoms with E-state index in [-0.39, 0.29) is 23.5 Å². The predicted octanol–water partition coefficient (Wildman–Crippen LogP) is 0.328. The molecule has 0 aliphatic carbocycles. The van der Waals surface area contributed by atoms with Gasteiger partial charge in [0.25, 0.3) is 5.91 Å². The highest BCUT2D eigenvalue weighted by atomic mass is 32.2. The minimum atomic E-state index is -1.29. The lowest BCUT2D eigenvalue weighted by molar-refractivity contribution is -0.151. The summed E-state index contributed by atoms with van der Waals surface area (Å²) in [5.74, 6) is -2.54. The van der Waals surface area contributed by atoms with Gasteiger partial charge in [-0.25, -0.2) is 4.79 Å². The molecule has 1 saturated heterocycles. The summed E-state index contributed by atoms with van der Waals surface area (Å²) in [7, 11) is 0. The maximum absolute atomic E-state index is 12.8. The third kappa shape index (κ3) is 4.22. The molecular weight excluding hydrogens is 426 g/mol. The number of ether oxygens (including phenoxy) is 1. The normalized spacial score (nSPS) is 21.2. The van der Waals surface area contributed by atoms with Crippen LogP contribution in [0.1, 0.15) is 31.3 Å². The Kier molecular flexibility index (Phi) is 6.25. The van der Waals surface area contributed by atoms with Gasteiger partial charge in [0.2, 0.25) is 5.91 Å². The number of hydrogen-bond acceptors (Lipinski definition) is 7. The summed E-state index contributed by atoms with van der Waals surface area (Å²) in [6.07, 6.45) is 0. The highest BCUT2D eigenvalue weighted by Gasteiger charge is 2.54. The number of amides is 2. The van der Waals surface area contributed by atoms with Crippen LogP contribution in [0.2, 0.25) is 0 Å². The summed E-state index contributed by atoms with van der Waals surface area (Å²) in [5, 5.41) is 11.7. The second-order valence-electron chi connectivity index (χ2n) is 7.45. The molecule has 1 aromatic heterocycles. The van der Waals surface area contributed by atoms with Gasteiger partial charge in [-0.1, -0.05) is 0 Å². The topological polar surface area (TPSA) is 135 Å². The maximum Gasteiger partial charge on any atom is 0.352 e. The van der Waals surface area contributed by atoms with Gasteiger partial charge in [-0.15, -0.1) is 11.8 Å². The van der Waals surface area contributed by atoms with Gasteiger partial charge in [-0.05, 0) is 20.8 Å². The summed E-state index contributed by atoms with van der Waals surface area (Å²) in [6.45, 7) is 6.11. The number of thioether (sulfide) groups is 1. The molecule has 1 aromatic rings. The summed E-state index contributed by atoms with van der Waals surface area (Å²) in [6, 6.07) is 1.31. The summed E-state index contributed by atoms with van der Waals surface area (Å²) < 4.78 is 6.60. The number of carbonyl (C=O) groups is 4. The van der Waals surface area contributed by atoms with E-state index in [1.54, 1.807) is 25.3 Å². The first kappa shape index (κ1) is 22.6. The molecule has 2 N–H and O–H groups in total. The number of aromatic nitrogens is 1. The quantitative estimate of drug-likeness (QED) is 0.469. The molecule has 0 spiro atoms. The number of nitrogens with zero attached hydrogens (tertiary/aromatic N) is 2. The highest BCUT2D eigenvalue weighted by Crippen LogP contribution is 2.40. The lowest BCUT2D eigenvalue weighted by atomic mass is 10.0. The number of carboxylic acid groups (broad SMARTS) is 1. The van der Waals surface area contributed by atoms with Gasteiger partial charge in [0.15, 0.2) is 5.43 Å². The molecular formula is C20H23N3O7S. The van der Waals surface area contributed by atoms with Crippen molar-refractivity contribution in [3.05, 3.63) is 45.0 Å². The van der Waals surface area contributed by atoms with E-state index < -0.39 is 41.2 Å².